The zero-order chi connectivity index (χ0) is 21.8. The van der Waals surface area contributed by atoms with Crippen LogP contribution in [-0.2, 0) is 28.7 Å². The maximum atomic E-state index is 12.8. The highest BCUT2D eigenvalue weighted by molar-refractivity contribution is 6.02. The summed E-state index contributed by atoms with van der Waals surface area (Å²) >= 11 is 0. The molecule has 8 heteroatoms. The summed E-state index contributed by atoms with van der Waals surface area (Å²) in [6, 6.07) is 6.44. The Morgan fingerprint density at radius 1 is 1.10 bits per heavy atom. The van der Waals surface area contributed by atoms with Gasteiger partial charge >= 0.3 is 11.9 Å². The second-order valence-electron chi connectivity index (χ2n) is 7.29. The molecular weight excluding hydrogens is 378 g/mol. The monoisotopic (exact) mass is 405 g/mol. The number of carbonyl (C=O) groups is 4. The number of ketones is 1. The van der Waals surface area contributed by atoms with Gasteiger partial charge in [0.05, 0.1) is 24.7 Å². The quantitative estimate of drug-likeness (QED) is 0.547. The third-order valence-corrected chi connectivity index (χ3v) is 4.96. The average molecular weight is 405 g/mol. The fraction of sp³-hybridized carbons (Fsp3) is 0.524. The number of hydrogen-bond acceptors (Lipinski definition) is 7. The highest BCUT2D eigenvalue weighted by Crippen LogP contribution is 2.46. The number of carbonyl (C=O) groups excluding carboxylic acids is 4. The summed E-state index contributed by atoms with van der Waals surface area (Å²) < 4.78 is 10.2. The van der Waals surface area contributed by atoms with E-state index in [2.05, 4.69) is 5.32 Å². The normalized spacial score (nSPS) is 26.5. The zero-order valence-corrected chi connectivity index (χ0v) is 17.1. The van der Waals surface area contributed by atoms with Crippen molar-refractivity contribution >= 4 is 29.3 Å². The van der Waals surface area contributed by atoms with Crippen molar-refractivity contribution in [1.29, 1.82) is 0 Å². The Morgan fingerprint density at radius 3 is 2.17 bits per heavy atom. The van der Waals surface area contributed by atoms with Gasteiger partial charge in [0.25, 0.3) is 0 Å². The summed E-state index contributed by atoms with van der Waals surface area (Å²) in [5.74, 6) is -5.51. The molecule has 1 saturated carbocycles. The number of ether oxygens (including phenoxy) is 2. The first-order valence-corrected chi connectivity index (χ1v) is 9.58. The lowest BCUT2D eigenvalue weighted by atomic mass is 9.61. The molecule has 0 saturated heterocycles. The maximum absolute atomic E-state index is 12.8. The number of rotatable bonds is 6. The van der Waals surface area contributed by atoms with E-state index in [1.165, 1.54) is 13.8 Å². The minimum Gasteiger partial charge on any atom is -0.466 e. The van der Waals surface area contributed by atoms with Crippen LogP contribution in [0.4, 0.5) is 5.69 Å². The molecule has 1 fully saturated rings. The van der Waals surface area contributed by atoms with Gasteiger partial charge in [0, 0.05) is 24.9 Å². The van der Waals surface area contributed by atoms with Crippen molar-refractivity contribution in [2.24, 2.45) is 11.8 Å². The van der Waals surface area contributed by atoms with Crippen LogP contribution in [0, 0.1) is 11.8 Å². The summed E-state index contributed by atoms with van der Waals surface area (Å²) in [7, 11) is 0. The van der Waals surface area contributed by atoms with Crippen LogP contribution in [0.1, 0.15) is 45.6 Å². The summed E-state index contributed by atoms with van der Waals surface area (Å²) in [5, 5.41) is 13.5. The second kappa shape index (κ2) is 9.17. The number of Topliss-reactive ketones (excluding diaryl/α,β-unsaturated/α-hetero) is 1. The van der Waals surface area contributed by atoms with Gasteiger partial charge in [0.2, 0.25) is 5.91 Å². The summed E-state index contributed by atoms with van der Waals surface area (Å²) in [6.45, 7) is 6.21. The van der Waals surface area contributed by atoms with Gasteiger partial charge in [-0.15, -0.1) is 0 Å². The van der Waals surface area contributed by atoms with Crippen LogP contribution in [0.3, 0.4) is 0 Å². The fourth-order valence-corrected chi connectivity index (χ4v) is 3.87. The molecule has 1 aliphatic rings. The molecule has 0 bridgehead atoms. The maximum Gasteiger partial charge on any atom is 0.317 e. The van der Waals surface area contributed by atoms with E-state index in [0.717, 1.165) is 0 Å². The number of benzene rings is 1. The van der Waals surface area contributed by atoms with Crippen LogP contribution in [0.2, 0.25) is 0 Å². The Hall–Kier alpha value is -2.74. The number of esters is 2. The molecule has 1 aromatic rings. The van der Waals surface area contributed by atoms with E-state index in [1.807, 2.05) is 0 Å². The fourth-order valence-electron chi connectivity index (χ4n) is 3.87. The van der Waals surface area contributed by atoms with Crippen LogP contribution in [0.15, 0.2) is 24.3 Å². The van der Waals surface area contributed by atoms with Gasteiger partial charge in [-0.25, -0.2) is 0 Å². The van der Waals surface area contributed by atoms with Crippen LogP contribution >= 0.6 is 0 Å². The van der Waals surface area contributed by atoms with Crippen LogP contribution in [0.25, 0.3) is 0 Å². The van der Waals surface area contributed by atoms with Gasteiger partial charge in [-0.3, -0.25) is 19.2 Å². The molecule has 0 spiro atoms. The highest BCUT2D eigenvalue weighted by Gasteiger charge is 2.57. The van der Waals surface area contributed by atoms with Crippen LogP contribution in [-0.4, -0.2) is 47.6 Å². The smallest absolute Gasteiger partial charge is 0.317 e. The molecule has 158 valence electrons. The Morgan fingerprint density at radius 2 is 1.66 bits per heavy atom. The Balaban J connectivity index is 2.56. The van der Waals surface area contributed by atoms with Gasteiger partial charge in [0.1, 0.15) is 5.92 Å². The van der Waals surface area contributed by atoms with Crippen molar-refractivity contribution in [3.8, 4) is 0 Å². The van der Waals surface area contributed by atoms with Crippen molar-refractivity contribution in [3.05, 3.63) is 29.8 Å². The minimum absolute atomic E-state index is 0.0806. The van der Waals surface area contributed by atoms with Gasteiger partial charge in [0.15, 0.2) is 5.78 Å². The number of anilines is 1. The molecule has 0 radical (unpaired) electrons. The van der Waals surface area contributed by atoms with Crippen molar-refractivity contribution in [2.45, 2.75) is 45.6 Å². The molecule has 8 nitrogen and oxygen atoms in total. The second-order valence-corrected chi connectivity index (χ2v) is 7.29. The van der Waals surface area contributed by atoms with Crippen molar-refractivity contribution in [2.75, 3.05) is 18.5 Å². The first-order valence-electron chi connectivity index (χ1n) is 9.58. The number of nitrogens with one attached hydrogen (secondary N) is 1. The number of hydrogen-bond donors (Lipinski definition) is 2. The van der Waals surface area contributed by atoms with Gasteiger partial charge in [-0.05, 0) is 38.5 Å². The lowest BCUT2D eigenvalue weighted by Gasteiger charge is -2.43. The first kappa shape index (κ1) is 22.5. The van der Waals surface area contributed by atoms with E-state index in [0.29, 0.717) is 11.3 Å². The summed E-state index contributed by atoms with van der Waals surface area (Å²) in [6.07, 6.45) is -0.361. The van der Waals surface area contributed by atoms with Crippen molar-refractivity contribution < 1.29 is 33.8 Å². The predicted octanol–water partition coefficient (Wildman–Crippen LogP) is 1.81. The lowest BCUT2D eigenvalue weighted by Crippen LogP contribution is -2.55. The van der Waals surface area contributed by atoms with E-state index < -0.39 is 41.1 Å². The molecule has 0 heterocycles. The van der Waals surface area contributed by atoms with Crippen LogP contribution in [0.5, 0.6) is 0 Å². The predicted molar refractivity (Wildman–Crippen MR) is 104 cm³/mol. The van der Waals surface area contributed by atoms with E-state index in [1.54, 1.807) is 38.1 Å². The average Bonchev–Trinajstić information content (AvgIpc) is 2.60. The summed E-state index contributed by atoms with van der Waals surface area (Å²) in [4.78, 5) is 49.4. The SMILES string of the molecule is CCOC(=O)[C@@H]1C(=O)C[C@](C)(O)[C@H](C(=O)OCC)[C@@H]1c1ccc(NC(C)=O)cc1. The highest BCUT2D eigenvalue weighted by atomic mass is 16.5. The van der Waals surface area contributed by atoms with Gasteiger partial charge < -0.3 is 19.9 Å². The minimum atomic E-state index is -1.69. The molecule has 0 aliphatic heterocycles. The number of aliphatic hydroxyl groups is 1. The van der Waals surface area contributed by atoms with Crippen LogP contribution < -0.4 is 5.32 Å². The molecule has 29 heavy (non-hydrogen) atoms. The molecule has 2 N–H and O–H groups in total. The van der Waals surface area contributed by atoms with Crippen molar-refractivity contribution in [1.82, 2.24) is 0 Å². The van der Waals surface area contributed by atoms with E-state index in [4.69, 9.17) is 9.47 Å². The van der Waals surface area contributed by atoms with Crippen molar-refractivity contribution in [3.63, 3.8) is 0 Å². The van der Waals surface area contributed by atoms with E-state index >= 15 is 0 Å². The van der Waals surface area contributed by atoms with Gasteiger partial charge in [-0.1, -0.05) is 12.1 Å². The molecule has 4 atom stereocenters. The largest absolute Gasteiger partial charge is 0.466 e. The van der Waals surface area contributed by atoms with Gasteiger partial charge in [-0.2, -0.15) is 0 Å². The molecule has 0 aromatic heterocycles. The Kier molecular flexibility index (Phi) is 7.13. The molecule has 2 rings (SSSR count). The molecule has 1 aliphatic carbocycles. The zero-order valence-electron chi connectivity index (χ0n) is 17.1. The first-order chi connectivity index (χ1) is 13.6. The topological polar surface area (TPSA) is 119 Å². The van der Waals surface area contributed by atoms with E-state index in [9.17, 15) is 24.3 Å². The standard InChI is InChI=1S/C21H27NO7/c1-5-28-19(25)17-15(24)11-21(4,27)18(20(26)29-6-2)16(17)13-7-9-14(10-8-13)22-12(3)23/h7-10,16-18,27H,5-6,11H2,1-4H3,(H,22,23)/t16-,17-,18+,21+/m1/s1. The molecule has 0 unspecified atom stereocenters. The van der Waals surface area contributed by atoms with E-state index in [-0.39, 0.29) is 25.5 Å². The number of amides is 1. The third-order valence-electron chi connectivity index (χ3n) is 4.96. The molecular formula is C21H27NO7. The molecule has 1 amide bonds. The summed E-state index contributed by atoms with van der Waals surface area (Å²) in [5.41, 5.74) is -0.674. The third kappa shape index (κ3) is 5.00. The Labute approximate surface area is 169 Å². The molecule has 1 aromatic carbocycles. The lowest BCUT2D eigenvalue weighted by molar-refractivity contribution is -0.172. The Bertz CT molecular complexity index is 785.